The summed E-state index contributed by atoms with van der Waals surface area (Å²) in [6, 6.07) is 5.50. The summed E-state index contributed by atoms with van der Waals surface area (Å²) in [6.07, 6.45) is 1.50. The van der Waals surface area contributed by atoms with E-state index >= 15 is 0 Å². The molecule has 0 aliphatic rings. The first kappa shape index (κ1) is 11.4. The molecule has 7 heteroatoms. The minimum absolute atomic E-state index is 0.429. The predicted molar refractivity (Wildman–Crippen MR) is 70.3 cm³/mol. The van der Waals surface area contributed by atoms with Gasteiger partial charge in [0, 0.05) is 18.0 Å². The zero-order chi connectivity index (χ0) is 13.2. The molecule has 0 aliphatic carbocycles. The number of anilines is 2. The zero-order valence-electron chi connectivity index (χ0n) is 10.3. The largest absolute Gasteiger partial charge is 0.399 e. The van der Waals surface area contributed by atoms with Gasteiger partial charge in [0.05, 0.1) is 12.1 Å². The summed E-state index contributed by atoms with van der Waals surface area (Å²) in [7, 11) is 0. The fourth-order valence-corrected chi connectivity index (χ4v) is 1.79. The molecule has 0 fully saturated rings. The second-order valence-electron chi connectivity index (χ2n) is 4.08. The molecule has 96 valence electrons. The third-order valence-electron chi connectivity index (χ3n) is 2.64. The monoisotopic (exact) mass is 256 g/mol. The SMILES string of the molecule is Cc1nc(CNc2ncnc3ccc(N)cc23)no1. The molecule has 0 atom stereocenters. The van der Waals surface area contributed by atoms with Crippen molar-refractivity contribution >= 4 is 22.4 Å². The van der Waals surface area contributed by atoms with Gasteiger partial charge in [-0.1, -0.05) is 5.16 Å². The number of hydrogen-bond donors (Lipinski definition) is 2. The number of fused-ring (bicyclic) bond motifs is 1. The number of nitrogen functional groups attached to an aromatic ring is 1. The molecular weight excluding hydrogens is 244 g/mol. The Morgan fingerprint density at radius 1 is 1.32 bits per heavy atom. The van der Waals surface area contributed by atoms with E-state index in [1.807, 2.05) is 18.2 Å². The topological polar surface area (TPSA) is 103 Å². The average molecular weight is 256 g/mol. The first-order chi connectivity index (χ1) is 9.22. The van der Waals surface area contributed by atoms with E-state index < -0.39 is 0 Å². The Balaban J connectivity index is 1.90. The Labute approximate surface area is 108 Å². The first-order valence-electron chi connectivity index (χ1n) is 5.75. The molecule has 0 aliphatic heterocycles. The maximum atomic E-state index is 5.78. The van der Waals surface area contributed by atoms with E-state index in [4.69, 9.17) is 10.3 Å². The van der Waals surface area contributed by atoms with Crippen LogP contribution in [0.1, 0.15) is 11.7 Å². The van der Waals surface area contributed by atoms with Gasteiger partial charge in [-0.3, -0.25) is 0 Å². The maximum absolute atomic E-state index is 5.78. The van der Waals surface area contributed by atoms with Crippen LogP contribution < -0.4 is 11.1 Å². The van der Waals surface area contributed by atoms with Crippen molar-refractivity contribution in [2.45, 2.75) is 13.5 Å². The third-order valence-corrected chi connectivity index (χ3v) is 2.64. The molecular formula is C12H12N6O. The second-order valence-corrected chi connectivity index (χ2v) is 4.08. The molecule has 3 aromatic rings. The van der Waals surface area contributed by atoms with Crippen LogP contribution in [0.3, 0.4) is 0 Å². The normalized spacial score (nSPS) is 10.8. The van der Waals surface area contributed by atoms with Gasteiger partial charge in [-0.25, -0.2) is 9.97 Å². The molecule has 19 heavy (non-hydrogen) atoms. The summed E-state index contributed by atoms with van der Waals surface area (Å²) < 4.78 is 4.91. The molecule has 0 radical (unpaired) electrons. The zero-order valence-corrected chi connectivity index (χ0v) is 10.3. The van der Waals surface area contributed by atoms with Gasteiger partial charge in [0.1, 0.15) is 12.1 Å². The lowest BCUT2D eigenvalue weighted by Gasteiger charge is -2.06. The maximum Gasteiger partial charge on any atom is 0.223 e. The highest BCUT2D eigenvalue weighted by molar-refractivity contribution is 5.91. The third kappa shape index (κ3) is 2.30. The number of nitrogens with zero attached hydrogens (tertiary/aromatic N) is 4. The number of rotatable bonds is 3. The van der Waals surface area contributed by atoms with Crippen LogP contribution in [-0.4, -0.2) is 20.1 Å². The van der Waals surface area contributed by atoms with Crippen LogP contribution in [0.25, 0.3) is 10.9 Å². The van der Waals surface area contributed by atoms with Crippen molar-refractivity contribution in [2.75, 3.05) is 11.1 Å². The van der Waals surface area contributed by atoms with Gasteiger partial charge in [0.25, 0.3) is 0 Å². The van der Waals surface area contributed by atoms with Crippen LogP contribution >= 0.6 is 0 Å². The fraction of sp³-hybridized carbons (Fsp3) is 0.167. The number of nitrogens with two attached hydrogens (primary N) is 1. The van der Waals surface area contributed by atoms with Crippen molar-refractivity contribution < 1.29 is 4.52 Å². The number of benzene rings is 1. The van der Waals surface area contributed by atoms with E-state index in [9.17, 15) is 0 Å². The van der Waals surface area contributed by atoms with Crippen LogP contribution in [0.2, 0.25) is 0 Å². The molecule has 0 saturated heterocycles. The molecule has 2 aromatic heterocycles. The second kappa shape index (κ2) is 4.52. The van der Waals surface area contributed by atoms with Crippen molar-refractivity contribution in [3.63, 3.8) is 0 Å². The number of aromatic nitrogens is 4. The molecule has 0 amide bonds. The van der Waals surface area contributed by atoms with Gasteiger partial charge >= 0.3 is 0 Å². The first-order valence-corrected chi connectivity index (χ1v) is 5.75. The summed E-state index contributed by atoms with van der Waals surface area (Å²) in [5.74, 6) is 1.81. The Bertz CT molecular complexity index is 723. The minimum atomic E-state index is 0.429. The molecule has 0 saturated carbocycles. The molecule has 3 N–H and O–H groups in total. The lowest BCUT2D eigenvalue weighted by molar-refractivity contribution is 0.388. The molecule has 2 heterocycles. The fourth-order valence-electron chi connectivity index (χ4n) is 1.79. The average Bonchev–Trinajstić information content (AvgIpc) is 2.82. The van der Waals surface area contributed by atoms with Crippen LogP contribution in [0.15, 0.2) is 29.0 Å². The van der Waals surface area contributed by atoms with Crippen molar-refractivity contribution in [3.8, 4) is 0 Å². The summed E-state index contributed by atoms with van der Waals surface area (Å²) >= 11 is 0. The van der Waals surface area contributed by atoms with Crippen LogP contribution in [-0.2, 0) is 6.54 Å². The number of hydrogen-bond acceptors (Lipinski definition) is 7. The van der Waals surface area contributed by atoms with Gasteiger partial charge in [-0.05, 0) is 18.2 Å². The van der Waals surface area contributed by atoms with Crippen LogP contribution in [0.4, 0.5) is 11.5 Å². The van der Waals surface area contributed by atoms with Gasteiger partial charge in [-0.15, -0.1) is 0 Å². The highest BCUT2D eigenvalue weighted by atomic mass is 16.5. The van der Waals surface area contributed by atoms with E-state index in [1.165, 1.54) is 6.33 Å². The molecule has 0 bridgehead atoms. The molecule has 3 rings (SSSR count). The van der Waals surface area contributed by atoms with E-state index in [0.29, 0.717) is 29.8 Å². The minimum Gasteiger partial charge on any atom is -0.399 e. The Kier molecular flexibility index (Phi) is 2.71. The Morgan fingerprint density at radius 2 is 2.21 bits per heavy atom. The lowest BCUT2D eigenvalue weighted by Crippen LogP contribution is -2.04. The standard InChI is InChI=1S/C12H12N6O/c1-7-17-11(18-19-7)5-14-12-9-4-8(13)2-3-10(9)15-6-16-12/h2-4,6H,5,13H2,1H3,(H,14,15,16). The van der Waals surface area contributed by atoms with Gasteiger partial charge < -0.3 is 15.6 Å². The predicted octanol–water partition coefficient (Wildman–Crippen LogP) is 1.52. The van der Waals surface area contributed by atoms with E-state index in [2.05, 4.69) is 25.4 Å². The summed E-state index contributed by atoms with van der Waals surface area (Å²) in [6.45, 7) is 2.18. The van der Waals surface area contributed by atoms with Crippen molar-refractivity contribution in [3.05, 3.63) is 36.2 Å². The van der Waals surface area contributed by atoms with Crippen LogP contribution in [0.5, 0.6) is 0 Å². The number of aryl methyl sites for hydroxylation is 1. The molecule has 0 unspecified atom stereocenters. The van der Waals surface area contributed by atoms with E-state index in [0.717, 1.165) is 10.9 Å². The Morgan fingerprint density at radius 3 is 3.00 bits per heavy atom. The molecule has 7 nitrogen and oxygen atoms in total. The smallest absolute Gasteiger partial charge is 0.223 e. The summed E-state index contributed by atoms with van der Waals surface area (Å²) in [5.41, 5.74) is 7.28. The Hall–Kier alpha value is -2.70. The molecule has 1 aromatic carbocycles. The van der Waals surface area contributed by atoms with Crippen molar-refractivity contribution in [2.24, 2.45) is 0 Å². The summed E-state index contributed by atoms with van der Waals surface area (Å²) in [4.78, 5) is 12.5. The van der Waals surface area contributed by atoms with Gasteiger partial charge in [-0.2, -0.15) is 4.98 Å². The molecule has 0 spiro atoms. The van der Waals surface area contributed by atoms with E-state index in [1.54, 1.807) is 6.92 Å². The van der Waals surface area contributed by atoms with Gasteiger partial charge in [0.2, 0.25) is 5.89 Å². The van der Waals surface area contributed by atoms with Crippen LogP contribution in [0, 0.1) is 6.92 Å². The quantitative estimate of drug-likeness (QED) is 0.684. The lowest BCUT2D eigenvalue weighted by atomic mass is 10.2. The summed E-state index contributed by atoms with van der Waals surface area (Å²) in [5, 5.41) is 7.83. The highest BCUT2D eigenvalue weighted by Gasteiger charge is 2.06. The van der Waals surface area contributed by atoms with Gasteiger partial charge in [0.15, 0.2) is 5.82 Å². The number of nitrogens with one attached hydrogen (secondary N) is 1. The van der Waals surface area contributed by atoms with Crippen molar-refractivity contribution in [1.82, 2.24) is 20.1 Å². The highest BCUT2D eigenvalue weighted by Crippen LogP contribution is 2.21. The van der Waals surface area contributed by atoms with Crippen molar-refractivity contribution in [1.29, 1.82) is 0 Å². The van der Waals surface area contributed by atoms with E-state index in [-0.39, 0.29) is 0 Å².